The molecule has 2 rings (SSSR count). The predicted molar refractivity (Wildman–Crippen MR) is 76.1 cm³/mol. The zero-order valence-electron chi connectivity index (χ0n) is 9.08. The second-order valence-electron chi connectivity index (χ2n) is 3.69. The van der Waals surface area contributed by atoms with E-state index in [1.807, 2.05) is 0 Å². The molecule has 2 nitrogen and oxygen atoms in total. The zero-order valence-corrected chi connectivity index (χ0v) is 12.3. The molecule has 0 radical (unpaired) electrons. The molecule has 0 aromatic heterocycles. The maximum atomic E-state index is 13.2. The second kappa shape index (κ2) is 5.20. The molecule has 5 heteroatoms. The van der Waals surface area contributed by atoms with Crippen LogP contribution >= 0.6 is 31.9 Å². The van der Waals surface area contributed by atoms with Crippen molar-refractivity contribution < 1.29 is 9.18 Å². The standard InChI is InChI=1S/C13H8Br2FNO/c14-10-3-2-8(16)6-9(10)13(18)7-1-4-12(17)11(15)5-7/h1-6H,17H2. The molecular formula is C13H8Br2FNO. The predicted octanol–water partition coefficient (Wildman–Crippen LogP) is 4.16. The number of hydrogen-bond donors (Lipinski definition) is 1. The molecule has 0 fully saturated rings. The van der Waals surface area contributed by atoms with Gasteiger partial charge >= 0.3 is 0 Å². The van der Waals surface area contributed by atoms with E-state index in [2.05, 4.69) is 31.9 Å². The fourth-order valence-electron chi connectivity index (χ4n) is 1.50. The number of benzene rings is 2. The molecule has 0 atom stereocenters. The minimum atomic E-state index is -0.448. The molecule has 0 spiro atoms. The van der Waals surface area contributed by atoms with Gasteiger partial charge in [0.05, 0.1) is 0 Å². The molecule has 0 aliphatic heterocycles. The van der Waals surface area contributed by atoms with Gasteiger partial charge in [-0.05, 0) is 52.3 Å². The summed E-state index contributed by atoms with van der Waals surface area (Å²) in [6.07, 6.45) is 0. The lowest BCUT2D eigenvalue weighted by Crippen LogP contribution is -2.03. The Balaban J connectivity index is 2.47. The second-order valence-corrected chi connectivity index (χ2v) is 5.40. The van der Waals surface area contributed by atoms with Gasteiger partial charge in [0.1, 0.15) is 5.82 Å². The molecule has 0 heterocycles. The molecule has 0 saturated heterocycles. The summed E-state index contributed by atoms with van der Waals surface area (Å²) in [5.74, 6) is -0.710. The van der Waals surface area contributed by atoms with Gasteiger partial charge in [-0.25, -0.2) is 4.39 Å². The maximum Gasteiger partial charge on any atom is 0.194 e. The van der Waals surface area contributed by atoms with Gasteiger partial charge in [-0.15, -0.1) is 0 Å². The van der Waals surface area contributed by atoms with Gasteiger partial charge < -0.3 is 5.73 Å². The quantitative estimate of drug-likeness (QED) is 0.635. The van der Waals surface area contributed by atoms with E-state index in [-0.39, 0.29) is 11.3 Å². The van der Waals surface area contributed by atoms with Crippen molar-refractivity contribution in [1.82, 2.24) is 0 Å². The number of hydrogen-bond acceptors (Lipinski definition) is 2. The Kier molecular flexibility index (Phi) is 3.82. The lowest BCUT2D eigenvalue weighted by molar-refractivity contribution is 0.103. The van der Waals surface area contributed by atoms with Crippen molar-refractivity contribution >= 4 is 43.3 Å². The minimum absolute atomic E-state index is 0.262. The summed E-state index contributed by atoms with van der Waals surface area (Å²) in [7, 11) is 0. The van der Waals surface area contributed by atoms with Gasteiger partial charge in [-0.3, -0.25) is 4.79 Å². The van der Waals surface area contributed by atoms with Crippen molar-refractivity contribution in [2.24, 2.45) is 0 Å². The summed E-state index contributed by atoms with van der Waals surface area (Å²) >= 11 is 6.49. The number of nitrogens with two attached hydrogens (primary N) is 1. The normalized spacial score (nSPS) is 10.4. The Morgan fingerprint density at radius 2 is 1.78 bits per heavy atom. The van der Waals surface area contributed by atoms with E-state index in [9.17, 15) is 9.18 Å². The van der Waals surface area contributed by atoms with Gasteiger partial charge in [-0.1, -0.05) is 15.9 Å². The molecule has 0 saturated carbocycles. The Bertz CT molecular complexity index is 628. The average molecular weight is 373 g/mol. The topological polar surface area (TPSA) is 43.1 Å². The Hall–Kier alpha value is -1.20. The number of ketones is 1. The van der Waals surface area contributed by atoms with Gasteiger partial charge in [0.2, 0.25) is 0 Å². The molecule has 2 aromatic rings. The summed E-state index contributed by atoms with van der Waals surface area (Å²) in [5.41, 5.74) is 6.93. The van der Waals surface area contributed by atoms with E-state index in [1.165, 1.54) is 18.2 Å². The van der Waals surface area contributed by atoms with E-state index >= 15 is 0 Å². The number of nitrogen functional groups attached to an aromatic ring is 1. The monoisotopic (exact) mass is 371 g/mol. The fourth-order valence-corrected chi connectivity index (χ4v) is 2.30. The number of anilines is 1. The van der Waals surface area contributed by atoms with Gasteiger partial charge in [0.15, 0.2) is 5.78 Å². The summed E-state index contributed by atoms with van der Waals surface area (Å²) in [4.78, 5) is 12.2. The Morgan fingerprint density at radius 3 is 2.44 bits per heavy atom. The number of carbonyl (C=O) groups is 1. The van der Waals surface area contributed by atoms with Crippen molar-refractivity contribution in [1.29, 1.82) is 0 Å². The van der Waals surface area contributed by atoms with Crippen molar-refractivity contribution in [2.75, 3.05) is 5.73 Å². The maximum absolute atomic E-state index is 13.2. The van der Waals surface area contributed by atoms with Crippen LogP contribution in [0.4, 0.5) is 10.1 Å². The van der Waals surface area contributed by atoms with Crippen LogP contribution < -0.4 is 5.73 Å². The molecule has 2 aromatic carbocycles. The summed E-state index contributed by atoms with van der Waals surface area (Å²) in [6, 6.07) is 8.87. The van der Waals surface area contributed by atoms with Crippen LogP contribution in [0.1, 0.15) is 15.9 Å². The van der Waals surface area contributed by atoms with Crippen LogP contribution in [-0.2, 0) is 0 Å². The first-order chi connectivity index (χ1) is 8.49. The molecule has 2 N–H and O–H groups in total. The van der Waals surface area contributed by atoms with Crippen LogP contribution in [0.25, 0.3) is 0 Å². The Morgan fingerprint density at radius 1 is 1.06 bits per heavy atom. The van der Waals surface area contributed by atoms with E-state index in [4.69, 9.17) is 5.73 Å². The lowest BCUT2D eigenvalue weighted by atomic mass is 10.0. The van der Waals surface area contributed by atoms with Crippen molar-refractivity contribution in [2.45, 2.75) is 0 Å². The largest absolute Gasteiger partial charge is 0.398 e. The molecule has 0 aliphatic carbocycles. The van der Waals surface area contributed by atoms with Crippen LogP contribution in [0.5, 0.6) is 0 Å². The third-order valence-corrected chi connectivity index (χ3v) is 3.81. The molecule has 92 valence electrons. The van der Waals surface area contributed by atoms with E-state index in [0.29, 0.717) is 20.2 Å². The molecule has 0 amide bonds. The average Bonchev–Trinajstić information content (AvgIpc) is 2.35. The molecule has 0 aliphatic rings. The third-order valence-electron chi connectivity index (χ3n) is 2.44. The highest BCUT2D eigenvalue weighted by atomic mass is 79.9. The van der Waals surface area contributed by atoms with Crippen LogP contribution in [0, 0.1) is 5.82 Å². The van der Waals surface area contributed by atoms with Crippen LogP contribution in [0.15, 0.2) is 45.3 Å². The lowest BCUT2D eigenvalue weighted by Gasteiger charge is -2.06. The highest BCUT2D eigenvalue weighted by molar-refractivity contribution is 9.11. The molecule has 0 unspecified atom stereocenters. The third kappa shape index (κ3) is 2.62. The first kappa shape index (κ1) is 13.2. The number of rotatable bonds is 2. The van der Waals surface area contributed by atoms with Gasteiger partial charge in [0.25, 0.3) is 0 Å². The summed E-state index contributed by atoms with van der Waals surface area (Å²) in [5, 5.41) is 0. The van der Waals surface area contributed by atoms with Crippen LogP contribution in [0.2, 0.25) is 0 Å². The van der Waals surface area contributed by atoms with Gasteiger partial charge in [-0.2, -0.15) is 0 Å². The smallest absolute Gasteiger partial charge is 0.194 e. The van der Waals surface area contributed by atoms with Crippen LogP contribution in [0.3, 0.4) is 0 Å². The zero-order chi connectivity index (χ0) is 13.3. The summed E-state index contributed by atoms with van der Waals surface area (Å²) < 4.78 is 14.4. The molecular weight excluding hydrogens is 365 g/mol. The number of halogens is 3. The fraction of sp³-hybridized carbons (Fsp3) is 0. The molecule has 18 heavy (non-hydrogen) atoms. The SMILES string of the molecule is Nc1ccc(C(=O)c2cc(F)ccc2Br)cc1Br. The highest BCUT2D eigenvalue weighted by Gasteiger charge is 2.14. The number of carbonyl (C=O) groups excluding carboxylic acids is 1. The van der Waals surface area contributed by atoms with E-state index in [0.717, 1.165) is 0 Å². The van der Waals surface area contributed by atoms with Crippen molar-refractivity contribution in [3.8, 4) is 0 Å². The van der Waals surface area contributed by atoms with Crippen LogP contribution in [-0.4, -0.2) is 5.78 Å². The first-order valence-corrected chi connectivity index (χ1v) is 6.62. The molecule has 0 bridgehead atoms. The first-order valence-electron chi connectivity index (χ1n) is 5.04. The highest BCUT2D eigenvalue weighted by Crippen LogP contribution is 2.25. The van der Waals surface area contributed by atoms with Crippen molar-refractivity contribution in [3.05, 3.63) is 62.3 Å². The Labute approximate surface area is 120 Å². The van der Waals surface area contributed by atoms with E-state index < -0.39 is 5.82 Å². The van der Waals surface area contributed by atoms with Crippen molar-refractivity contribution in [3.63, 3.8) is 0 Å². The van der Waals surface area contributed by atoms with Gasteiger partial charge in [0, 0.05) is 25.8 Å². The summed E-state index contributed by atoms with van der Waals surface area (Å²) in [6.45, 7) is 0. The van der Waals surface area contributed by atoms with E-state index in [1.54, 1.807) is 18.2 Å². The minimum Gasteiger partial charge on any atom is -0.398 e.